The quantitative estimate of drug-likeness (QED) is 0.798. The van der Waals surface area contributed by atoms with Gasteiger partial charge in [0.15, 0.2) is 0 Å². The Kier molecular flexibility index (Phi) is 6.29. The van der Waals surface area contributed by atoms with Gasteiger partial charge in [-0.15, -0.1) is 11.3 Å². The molecule has 18 heavy (non-hydrogen) atoms. The number of thiazole rings is 1. The van der Waals surface area contributed by atoms with Crippen LogP contribution in [0, 0.1) is 6.92 Å². The number of hydrogen-bond acceptors (Lipinski definition) is 4. The van der Waals surface area contributed by atoms with Crippen LogP contribution in [0.5, 0.6) is 0 Å². The van der Waals surface area contributed by atoms with Gasteiger partial charge in [-0.3, -0.25) is 4.79 Å². The minimum Gasteiger partial charge on any atom is -0.352 e. The van der Waals surface area contributed by atoms with Crippen molar-refractivity contribution in [3.63, 3.8) is 0 Å². The van der Waals surface area contributed by atoms with Crippen LogP contribution in [-0.4, -0.2) is 23.0 Å². The second-order valence-corrected chi connectivity index (χ2v) is 5.54. The summed E-state index contributed by atoms with van der Waals surface area (Å²) >= 11 is 1.63. The Balaban J connectivity index is 2.35. The Labute approximate surface area is 113 Å². The molecule has 1 atom stereocenters. The van der Waals surface area contributed by atoms with E-state index in [4.69, 9.17) is 0 Å². The van der Waals surface area contributed by atoms with Crippen molar-refractivity contribution in [1.82, 2.24) is 15.6 Å². The van der Waals surface area contributed by atoms with E-state index in [2.05, 4.69) is 29.5 Å². The van der Waals surface area contributed by atoms with Gasteiger partial charge in [0, 0.05) is 18.0 Å². The summed E-state index contributed by atoms with van der Waals surface area (Å²) in [7, 11) is 0. The molecule has 0 aliphatic rings. The summed E-state index contributed by atoms with van der Waals surface area (Å²) in [4.78, 5) is 16.3. The molecule has 0 saturated carbocycles. The predicted molar refractivity (Wildman–Crippen MR) is 75.7 cm³/mol. The minimum atomic E-state index is -0.187. The Morgan fingerprint density at radius 1 is 1.44 bits per heavy atom. The molecule has 2 N–H and O–H groups in total. The maximum Gasteiger partial charge on any atom is 0.237 e. The Hall–Kier alpha value is -0.940. The van der Waals surface area contributed by atoms with Crippen LogP contribution in [-0.2, 0) is 11.3 Å². The zero-order valence-corrected chi connectivity index (χ0v) is 12.4. The highest BCUT2D eigenvalue weighted by Crippen LogP contribution is 2.07. The molecule has 1 unspecified atom stereocenters. The summed E-state index contributed by atoms with van der Waals surface area (Å²) in [6, 6.07) is 0.0934. The highest BCUT2D eigenvalue weighted by Gasteiger charge is 2.15. The fourth-order valence-electron chi connectivity index (χ4n) is 1.66. The van der Waals surface area contributed by atoms with Gasteiger partial charge in [0.05, 0.1) is 16.7 Å². The van der Waals surface area contributed by atoms with Gasteiger partial charge in [-0.05, 0) is 26.7 Å². The van der Waals surface area contributed by atoms with Crippen LogP contribution in [0.15, 0.2) is 5.38 Å². The SMILES string of the molecule is CCC(CC)NC(=O)C(C)NCc1csc(C)n1. The van der Waals surface area contributed by atoms with E-state index in [-0.39, 0.29) is 18.0 Å². The van der Waals surface area contributed by atoms with Crippen LogP contribution in [0.1, 0.15) is 44.3 Å². The summed E-state index contributed by atoms with van der Waals surface area (Å²) < 4.78 is 0. The number of aryl methyl sites for hydroxylation is 1. The maximum atomic E-state index is 11.9. The lowest BCUT2D eigenvalue weighted by Gasteiger charge is -2.19. The molecule has 0 aromatic carbocycles. The van der Waals surface area contributed by atoms with E-state index in [0.29, 0.717) is 6.54 Å². The zero-order valence-electron chi connectivity index (χ0n) is 11.6. The molecule has 1 aromatic heterocycles. The summed E-state index contributed by atoms with van der Waals surface area (Å²) in [5.41, 5.74) is 1.000. The van der Waals surface area contributed by atoms with Crippen LogP contribution in [0.3, 0.4) is 0 Å². The van der Waals surface area contributed by atoms with E-state index in [9.17, 15) is 4.79 Å². The zero-order chi connectivity index (χ0) is 13.5. The van der Waals surface area contributed by atoms with Crippen LogP contribution in [0.25, 0.3) is 0 Å². The first-order valence-corrected chi connectivity index (χ1v) is 7.39. The average molecular weight is 269 g/mol. The molecule has 1 heterocycles. The molecule has 5 heteroatoms. The Bertz CT molecular complexity index is 374. The van der Waals surface area contributed by atoms with Gasteiger partial charge >= 0.3 is 0 Å². The number of nitrogens with one attached hydrogen (secondary N) is 2. The molecule has 102 valence electrons. The molecule has 0 radical (unpaired) electrons. The third-order valence-electron chi connectivity index (χ3n) is 2.98. The third kappa shape index (κ3) is 4.74. The van der Waals surface area contributed by atoms with Crippen molar-refractivity contribution >= 4 is 17.2 Å². The average Bonchev–Trinajstić information content (AvgIpc) is 2.78. The van der Waals surface area contributed by atoms with E-state index in [1.807, 2.05) is 19.2 Å². The van der Waals surface area contributed by atoms with Gasteiger partial charge in [-0.1, -0.05) is 13.8 Å². The molecule has 1 rings (SSSR count). The summed E-state index contributed by atoms with van der Waals surface area (Å²) in [6.07, 6.45) is 1.94. The maximum absolute atomic E-state index is 11.9. The molecule has 0 aliphatic heterocycles. The van der Waals surface area contributed by atoms with Crippen LogP contribution in [0.2, 0.25) is 0 Å². The van der Waals surface area contributed by atoms with Crippen molar-refractivity contribution in [1.29, 1.82) is 0 Å². The van der Waals surface area contributed by atoms with E-state index in [1.54, 1.807) is 11.3 Å². The lowest BCUT2D eigenvalue weighted by molar-refractivity contribution is -0.123. The third-order valence-corrected chi connectivity index (χ3v) is 3.80. The van der Waals surface area contributed by atoms with E-state index in [0.717, 1.165) is 23.5 Å². The van der Waals surface area contributed by atoms with Crippen molar-refractivity contribution < 1.29 is 4.79 Å². The fourth-order valence-corrected chi connectivity index (χ4v) is 2.27. The molecule has 0 fully saturated rings. The number of carbonyl (C=O) groups is 1. The Morgan fingerprint density at radius 2 is 2.11 bits per heavy atom. The summed E-state index contributed by atoms with van der Waals surface area (Å²) in [5.74, 6) is 0.0654. The highest BCUT2D eigenvalue weighted by molar-refractivity contribution is 7.09. The molecular formula is C13H23N3OS. The fraction of sp³-hybridized carbons (Fsp3) is 0.692. The monoisotopic (exact) mass is 269 g/mol. The first kappa shape index (κ1) is 15.1. The van der Waals surface area contributed by atoms with E-state index < -0.39 is 0 Å². The van der Waals surface area contributed by atoms with Crippen molar-refractivity contribution in [3.05, 3.63) is 16.1 Å². The predicted octanol–water partition coefficient (Wildman–Crippen LogP) is 2.23. The molecule has 0 aliphatic carbocycles. The molecule has 4 nitrogen and oxygen atoms in total. The van der Waals surface area contributed by atoms with Gasteiger partial charge in [0.25, 0.3) is 0 Å². The number of amides is 1. The lowest BCUT2D eigenvalue weighted by atomic mass is 10.1. The van der Waals surface area contributed by atoms with Gasteiger partial charge in [-0.2, -0.15) is 0 Å². The molecular weight excluding hydrogens is 246 g/mol. The minimum absolute atomic E-state index is 0.0654. The number of nitrogens with zero attached hydrogens (tertiary/aromatic N) is 1. The standard InChI is InChI=1S/C13H23N3OS/c1-5-11(6-2)16-13(17)9(3)14-7-12-8-18-10(4)15-12/h8-9,11,14H,5-7H2,1-4H3,(H,16,17). The molecule has 1 aromatic rings. The van der Waals surface area contributed by atoms with Crippen LogP contribution < -0.4 is 10.6 Å². The first-order valence-electron chi connectivity index (χ1n) is 6.51. The molecule has 0 saturated heterocycles. The summed E-state index contributed by atoms with van der Waals surface area (Å²) in [5, 5.41) is 9.31. The van der Waals surface area contributed by atoms with Gasteiger partial charge in [0.2, 0.25) is 5.91 Å². The van der Waals surface area contributed by atoms with Crippen molar-refractivity contribution in [2.45, 2.75) is 59.2 Å². The van der Waals surface area contributed by atoms with Crippen molar-refractivity contribution in [2.75, 3.05) is 0 Å². The second-order valence-electron chi connectivity index (χ2n) is 4.48. The molecule has 0 spiro atoms. The second kappa shape index (κ2) is 7.48. The molecule has 1 amide bonds. The normalized spacial score (nSPS) is 12.7. The van der Waals surface area contributed by atoms with Gasteiger partial charge in [0.1, 0.15) is 0 Å². The number of rotatable bonds is 7. The Morgan fingerprint density at radius 3 is 2.61 bits per heavy atom. The van der Waals surface area contributed by atoms with E-state index >= 15 is 0 Å². The lowest BCUT2D eigenvalue weighted by Crippen LogP contribution is -2.45. The molecule has 0 bridgehead atoms. The number of aromatic nitrogens is 1. The van der Waals surface area contributed by atoms with Crippen LogP contribution >= 0.6 is 11.3 Å². The first-order chi connectivity index (χ1) is 8.56. The smallest absolute Gasteiger partial charge is 0.237 e. The number of carbonyl (C=O) groups excluding carboxylic acids is 1. The highest BCUT2D eigenvalue weighted by atomic mass is 32.1. The largest absolute Gasteiger partial charge is 0.352 e. The van der Waals surface area contributed by atoms with E-state index in [1.165, 1.54) is 0 Å². The van der Waals surface area contributed by atoms with Crippen molar-refractivity contribution in [3.8, 4) is 0 Å². The topological polar surface area (TPSA) is 54.0 Å². The number of hydrogen-bond donors (Lipinski definition) is 2. The van der Waals surface area contributed by atoms with Crippen LogP contribution in [0.4, 0.5) is 0 Å². The van der Waals surface area contributed by atoms with Gasteiger partial charge in [-0.25, -0.2) is 4.98 Å². The summed E-state index contributed by atoms with van der Waals surface area (Å²) in [6.45, 7) is 8.69. The van der Waals surface area contributed by atoms with Crippen molar-refractivity contribution in [2.24, 2.45) is 0 Å². The van der Waals surface area contributed by atoms with Gasteiger partial charge < -0.3 is 10.6 Å².